The lowest BCUT2D eigenvalue weighted by atomic mass is 11.2. The number of primary amides is 1. The van der Waals surface area contributed by atoms with Gasteiger partial charge in [0.05, 0.1) is 6.26 Å². The first-order valence-electron chi connectivity index (χ1n) is 2.09. The molecule has 0 saturated heterocycles. The maximum absolute atomic E-state index is 10.4. The van der Waals surface area contributed by atoms with E-state index in [2.05, 4.69) is 21.4 Å². The SMILES string of the molecule is C=COP(=O)(O)OC(N)=O. The first-order valence-corrected chi connectivity index (χ1v) is 3.58. The molecule has 0 aliphatic rings. The lowest BCUT2D eigenvalue weighted by Gasteiger charge is -2.05. The summed E-state index contributed by atoms with van der Waals surface area (Å²) < 4.78 is 17.9. The molecule has 58 valence electrons. The number of phosphoric acid groups is 1. The number of phosphoric ester groups is 1. The van der Waals surface area contributed by atoms with Gasteiger partial charge in [0.25, 0.3) is 0 Å². The van der Waals surface area contributed by atoms with Crippen molar-refractivity contribution in [3.63, 3.8) is 0 Å². The van der Waals surface area contributed by atoms with Gasteiger partial charge in [-0.25, -0.2) is 9.36 Å². The Balaban J connectivity index is 3.99. The molecule has 7 heteroatoms. The zero-order valence-corrected chi connectivity index (χ0v) is 5.78. The molecular formula is C3H6NO5P. The molecule has 0 heterocycles. The van der Waals surface area contributed by atoms with Crippen LogP contribution in [-0.2, 0) is 13.6 Å². The molecule has 0 aliphatic heterocycles. The van der Waals surface area contributed by atoms with E-state index in [0.717, 1.165) is 0 Å². The minimum absolute atomic E-state index is 0.670. The van der Waals surface area contributed by atoms with Crippen molar-refractivity contribution in [1.82, 2.24) is 0 Å². The average Bonchev–Trinajstić information content (AvgIpc) is 1.59. The fourth-order valence-electron chi connectivity index (χ4n) is 0.229. The molecule has 1 unspecified atom stereocenters. The van der Waals surface area contributed by atoms with Crippen molar-refractivity contribution < 1.29 is 23.3 Å². The van der Waals surface area contributed by atoms with E-state index in [4.69, 9.17) is 4.89 Å². The van der Waals surface area contributed by atoms with Crippen LogP contribution in [0, 0.1) is 0 Å². The molecule has 0 aromatic rings. The van der Waals surface area contributed by atoms with E-state index < -0.39 is 13.9 Å². The lowest BCUT2D eigenvalue weighted by molar-refractivity contribution is 0.181. The summed E-state index contributed by atoms with van der Waals surface area (Å²) >= 11 is 0. The number of nitrogens with two attached hydrogens (primary N) is 1. The average molecular weight is 167 g/mol. The fraction of sp³-hybridized carbons (Fsp3) is 0. The van der Waals surface area contributed by atoms with Gasteiger partial charge in [0.1, 0.15) is 0 Å². The summed E-state index contributed by atoms with van der Waals surface area (Å²) in [6.07, 6.45) is -0.711. The zero-order valence-electron chi connectivity index (χ0n) is 4.89. The fourth-order valence-corrected chi connectivity index (χ4v) is 0.688. The van der Waals surface area contributed by atoms with E-state index in [1.165, 1.54) is 0 Å². The summed E-state index contributed by atoms with van der Waals surface area (Å²) in [6, 6.07) is 0. The summed E-state index contributed by atoms with van der Waals surface area (Å²) in [7, 11) is -4.34. The third kappa shape index (κ3) is 3.94. The number of amides is 1. The predicted octanol–water partition coefficient (Wildman–Crippen LogP) is 0.342. The van der Waals surface area contributed by atoms with Crippen LogP contribution in [0.4, 0.5) is 4.79 Å². The molecule has 1 amide bonds. The molecule has 0 rings (SSSR count). The van der Waals surface area contributed by atoms with Gasteiger partial charge in [0, 0.05) is 0 Å². The van der Waals surface area contributed by atoms with Crippen molar-refractivity contribution >= 4 is 13.9 Å². The van der Waals surface area contributed by atoms with Crippen LogP contribution >= 0.6 is 7.82 Å². The Morgan fingerprint density at radius 3 is 2.60 bits per heavy atom. The largest absolute Gasteiger partial charge is 0.587 e. The smallest absolute Gasteiger partial charge is 0.404 e. The molecule has 0 saturated carbocycles. The first-order chi connectivity index (χ1) is 4.48. The normalized spacial score (nSPS) is 14.9. The van der Waals surface area contributed by atoms with Crippen LogP contribution in [0.5, 0.6) is 0 Å². The number of hydrogen-bond acceptors (Lipinski definition) is 4. The second kappa shape index (κ2) is 3.24. The first kappa shape index (κ1) is 9.00. The van der Waals surface area contributed by atoms with Crippen LogP contribution in [0.1, 0.15) is 0 Å². The Kier molecular flexibility index (Phi) is 2.92. The molecule has 10 heavy (non-hydrogen) atoms. The summed E-state index contributed by atoms with van der Waals surface area (Å²) in [5, 5.41) is 0. The van der Waals surface area contributed by atoms with E-state index in [1.54, 1.807) is 0 Å². The van der Waals surface area contributed by atoms with Gasteiger partial charge in [-0.1, -0.05) is 6.58 Å². The molecule has 0 aromatic heterocycles. The van der Waals surface area contributed by atoms with Crippen LogP contribution in [0.3, 0.4) is 0 Å². The molecule has 1 atom stereocenters. The molecule has 0 aromatic carbocycles. The van der Waals surface area contributed by atoms with Crippen LogP contribution in [0.2, 0.25) is 0 Å². The minimum atomic E-state index is -4.34. The highest BCUT2D eigenvalue weighted by atomic mass is 31.2. The quantitative estimate of drug-likeness (QED) is 0.466. The highest BCUT2D eigenvalue weighted by Gasteiger charge is 2.24. The van der Waals surface area contributed by atoms with Crippen molar-refractivity contribution in [3.8, 4) is 0 Å². The Labute approximate surface area is 56.9 Å². The zero-order chi connectivity index (χ0) is 8.20. The second-order valence-corrected chi connectivity index (χ2v) is 2.48. The Bertz CT molecular complexity index is 189. The number of hydrogen-bond donors (Lipinski definition) is 2. The van der Waals surface area contributed by atoms with Crippen molar-refractivity contribution in [1.29, 1.82) is 0 Å². The van der Waals surface area contributed by atoms with Gasteiger partial charge in [-0.3, -0.25) is 4.89 Å². The molecular weight excluding hydrogens is 161 g/mol. The Morgan fingerprint density at radius 1 is 1.80 bits per heavy atom. The van der Waals surface area contributed by atoms with E-state index in [0.29, 0.717) is 6.26 Å². The van der Waals surface area contributed by atoms with Gasteiger partial charge in [0.15, 0.2) is 0 Å². The highest BCUT2D eigenvalue weighted by Crippen LogP contribution is 2.42. The monoisotopic (exact) mass is 167 g/mol. The molecule has 0 aliphatic carbocycles. The van der Waals surface area contributed by atoms with Crippen molar-refractivity contribution in [3.05, 3.63) is 12.8 Å². The van der Waals surface area contributed by atoms with Gasteiger partial charge in [-0.15, -0.1) is 0 Å². The van der Waals surface area contributed by atoms with Crippen molar-refractivity contribution in [2.75, 3.05) is 0 Å². The minimum Gasteiger partial charge on any atom is -0.404 e. The number of rotatable bonds is 3. The standard InChI is InChI=1S/C3H6NO5P/c1-2-8-10(6,7)9-3(4)5/h2H,1H2,(H2,4,5)(H,6,7). The number of carbonyl (C=O) groups excluding carboxylic acids is 1. The molecule has 6 nitrogen and oxygen atoms in total. The van der Waals surface area contributed by atoms with Crippen molar-refractivity contribution in [2.24, 2.45) is 5.73 Å². The third-order valence-electron chi connectivity index (χ3n) is 0.413. The van der Waals surface area contributed by atoms with Crippen LogP contribution < -0.4 is 5.73 Å². The summed E-state index contributed by atoms with van der Waals surface area (Å²) in [5.41, 5.74) is 4.40. The van der Waals surface area contributed by atoms with Crippen molar-refractivity contribution in [2.45, 2.75) is 0 Å². The van der Waals surface area contributed by atoms with Crippen LogP contribution in [0.15, 0.2) is 12.8 Å². The Hall–Kier alpha value is -1.00. The molecule has 0 fully saturated rings. The molecule has 0 radical (unpaired) electrons. The topological polar surface area (TPSA) is 98.8 Å². The summed E-state index contributed by atoms with van der Waals surface area (Å²) in [6.45, 7) is 2.97. The predicted molar refractivity (Wildman–Crippen MR) is 31.8 cm³/mol. The van der Waals surface area contributed by atoms with E-state index in [9.17, 15) is 9.36 Å². The summed E-state index contributed by atoms with van der Waals surface area (Å²) in [5.74, 6) is 0. The van der Waals surface area contributed by atoms with E-state index in [1.807, 2.05) is 0 Å². The van der Waals surface area contributed by atoms with Crippen LogP contribution in [-0.4, -0.2) is 11.0 Å². The van der Waals surface area contributed by atoms with Crippen LogP contribution in [0.25, 0.3) is 0 Å². The van der Waals surface area contributed by atoms with Gasteiger partial charge in [-0.05, 0) is 0 Å². The van der Waals surface area contributed by atoms with Gasteiger partial charge in [0.2, 0.25) is 0 Å². The second-order valence-electron chi connectivity index (χ2n) is 1.15. The lowest BCUT2D eigenvalue weighted by Crippen LogP contribution is -2.11. The number of carbonyl (C=O) groups is 1. The van der Waals surface area contributed by atoms with Gasteiger partial charge in [-0.2, -0.15) is 0 Å². The van der Waals surface area contributed by atoms with Gasteiger partial charge >= 0.3 is 13.9 Å². The summed E-state index contributed by atoms with van der Waals surface area (Å²) in [4.78, 5) is 18.3. The Morgan fingerprint density at radius 2 is 2.30 bits per heavy atom. The maximum Gasteiger partial charge on any atom is 0.587 e. The van der Waals surface area contributed by atoms with E-state index in [-0.39, 0.29) is 0 Å². The van der Waals surface area contributed by atoms with Gasteiger partial charge < -0.3 is 14.8 Å². The highest BCUT2D eigenvalue weighted by molar-refractivity contribution is 7.48. The van der Waals surface area contributed by atoms with E-state index >= 15 is 0 Å². The third-order valence-corrected chi connectivity index (χ3v) is 1.24. The molecule has 0 bridgehead atoms. The molecule has 0 spiro atoms. The molecule has 3 N–H and O–H groups in total. The maximum atomic E-state index is 10.4.